The number of nitrogens with zero attached hydrogens (tertiary/aromatic N) is 3. The second kappa shape index (κ2) is 6.89. The Hall–Kier alpha value is -2.85. The van der Waals surface area contributed by atoms with Crippen LogP contribution < -0.4 is 10.6 Å². The quantitative estimate of drug-likeness (QED) is 0.480. The molecule has 2 atom stereocenters. The van der Waals surface area contributed by atoms with Gasteiger partial charge in [-0.25, -0.2) is 0 Å². The minimum atomic E-state index is -0.118. The Labute approximate surface area is 174 Å². The first-order valence-corrected chi connectivity index (χ1v) is 10.4. The predicted molar refractivity (Wildman–Crippen MR) is 117 cm³/mol. The zero-order valence-corrected chi connectivity index (χ0v) is 17.4. The second-order valence-electron chi connectivity index (χ2n) is 7.55. The van der Waals surface area contributed by atoms with Gasteiger partial charge in [-0.1, -0.05) is 48.5 Å². The van der Waals surface area contributed by atoms with Gasteiger partial charge in [0.05, 0.1) is 21.9 Å². The molecule has 0 amide bonds. The van der Waals surface area contributed by atoms with Gasteiger partial charge in [0, 0.05) is 46.5 Å². The van der Waals surface area contributed by atoms with Crippen molar-refractivity contribution in [1.82, 2.24) is 14.7 Å². The van der Waals surface area contributed by atoms with Crippen LogP contribution in [-0.4, -0.2) is 20.1 Å². The van der Waals surface area contributed by atoms with Crippen LogP contribution in [0.5, 0.6) is 0 Å². The minimum absolute atomic E-state index is 0.101. The van der Waals surface area contributed by atoms with Gasteiger partial charge in [0.2, 0.25) is 0 Å². The Morgan fingerprint density at radius 1 is 1.17 bits per heavy atom. The molecule has 5 rings (SSSR count). The molecule has 29 heavy (non-hydrogen) atoms. The molecule has 0 N–H and O–H groups in total. The van der Waals surface area contributed by atoms with E-state index in [1.165, 1.54) is 10.7 Å². The Bertz CT molecular complexity index is 1330. The Balaban J connectivity index is 1.87. The van der Waals surface area contributed by atoms with Crippen LogP contribution >= 0.6 is 11.6 Å². The van der Waals surface area contributed by atoms with Crippen molar-refractivity contribution in [1.29, 1.82) is 0 Å². The maximum Gasteiger partial charge on any atom is 0.165 e. The lowest BCUT2D eigenvalue weighted by Gasteiger charge is -2.21. The Kier molecular flexibility index (Phi) is 4.32. The molecule has 1 aromatic carbocycles. The SMILES string of the molecule is CCn1c2c(c3ccnc(C)c31)=CC(Cl)C(C)C=2c1cc(-c2ccccc2)no1. The molecule has 1 aliphatic rings. The molecule has 4 nitrogen and oxygen atoms in total. The summed E-state index contributed by atoms with van der Waals surface area (Å²) in [6.07, 6.45) is 4.04. The molecule has 3 aromatic heterocycles. The number of halogens is 1. The van der Waals surface area contributed by atoms with Crippen LogP contribution in [0.15, 0.2) is 53.2 Å². The van der Waals surface area contributed by atoms with Crippen LogP contribution in [0.25, 0.3) is 33.8 Å². The fourth-order valence-corrected chi connectivity index (χ4v) is 4.70. The van der Waals surface area contributed by atoms with Gasteiger partial charge in [-0.05, 0) is 19.9 Å². The summed E-state index contributed by atoms with van der Waals surface area (Å²) in [6.45, 7) is 7.22. The average molecular weight is 404 g/mol. The van der Waals surface area contributed by atoms with Gasteiger partial charge in [-0.15, -0.1) is 11.6 Å². The van der Waals surface area contributed by atoms with Crippen molar-refractivity contribution in [2.45, 2.75) is 32.7 Å². The zero-order valence-electron chi connectivity index (χ0n) is 16.7. The van der Waals surface area contributed by atoms with Gasteiger partial charge >= 0.3 is 0 Å². The van der Waals surface area contributed by atoms with Crippen molar-refractivity contribution < 1.29 is 4.52 Å². The predicted octanol–water partition coefficient (Wildman–Crippen LogP) is 4.26. The average Bonchev–Trinajstić information content (AvgIpc) is 3.34. The topological polar surface area (TPSA) is 43.9 Å². The van der Waals surface area contributed by atoms with Crippen molar-refractivity contribution in [3.8, 4) is 11.3 Å². The maximum absolute atomic E-state index is 6.79. The number of alkyl halides is 1. The number of aryl methyl sites for hydroxylation is 2. The number of hydrogen-bond donors (Lipinski definition) is 0. The van der Waals surface area contributed by atoms with E-state index in [2.05, 4.69) is 47.6 Å². The van der Waals surface area contributed by atoms with Crippen LogP contribution in [0.2, 0.25) is 0 Å². The van der Waals surface area contributed by atoms with Crippen LogP contribution in [-0.2, 0) is 6.54 Å². The maximum atomic E-state index is 6.79. The number of hydrogen-bond acceptors (Lipinski definition) is 3. The highest BCUT2D eigenvalue weighted by Gasteiger charge is 2.29. The molecule has 0 radical (unpaired) electrons. The standard InChI is InChI=1S/C24H22ClN3O/c1-4-28-23-15(3)26-11-10-17(23)18-12-19(25)14(2)22(24(18)28)21-13-20(27-29-21)16-8-6-5-7-9-16/h5-14,19H,4H2,1-3H3. The van der Waals surface area contributed by atoms with Crippen molar-refractivity contribution in [2.24, 2.45) is 5.92 Å². The molecule has 0 saturated heterocycles. The fourth-order valence-electron chi connectivity index (χ4n) is 4.44. The highest BCUT2D eigenvalue weighted by atomic mass is 35.5. The summed E-state index contributed by atoms with van der Waals surface area (Å²) < 4.78 is 8.21. The minimum Gasteiger partial charge on any atom is -0.356 e. The van der Waals surface area contributed by atoms with Crippen molar-refractivity contribution in [3.05, 3.63) is 70.7 Å². The number of pyridine rings is 1. The molecule has 146 valence electrons. The first-order chi connectivity index (χ1) is 14.1. The zero-order chi connectivity index (χ0) is 20.1. The van der Waals surface area contributed by atoms with E-state index in [1.807, 2.05) is 42.6 Å². The lowest BCUT2D eigenvalue weighted by Crippen LogP contribution is -2.39. The summed E-state index contributed by atoms with van der Waals surface area (Å²) in [5, 5.41) is 7.75. The molecular formula is C24H22ClN3O. The Morgan fingerprint density at radius 3 is 2.72 bits per heavy atom. The summed E-state index contributed by atoms with van der Waals surface area (Å²) in [6, 6.07) is 14.2. The first-order valence-electron chi connectivity index (χ1n) is 9.96. The Morgan fingerprint density at radius 2 is 1.97 bits per heavy atom. The van der Waals surface area contributed by atoms with Crippen molar-refractivity contribution in [3.63, 3.8) is 0 Å². The molecular weight excluding hydrogens is 382 g/mol. The van der Waals surface area contributed by atoms with Crippen molar-refractivity contribution in [2.75, 3.05) is 0 Å². The monoisotopic (exact) mass is 403 g/mol. The van der Waals surface area contributed by atoms with E-state index in [0.29, 0.717) is 0 Å². The first kappa shape index (κ1) is 18.2. The van der Waals surface area contributed by atoms with Crippen molar-refractivity contribution >= 4 is 34.2 Å². The number of fused-ring (bicyclic) bond motifs is 3. The van der Waals surface area contributed by atoms with Gasteiger partial charge in [0.15, 0.2) is 5.76 Å². The molecule has 0 aliphatic heterocycles. The molecule has 0 bridgehead atoms. The summed E-state index contributed by atoms with van der Waals surface area (Å²) in [4.78, 5) is 4.53. The molecule has 0 spiro atoms. The van der Waals surface area contributed by atoms with Gasteiger partial charge in [0.25, 0.3) is 0 Å². The molecule has 0 fully saturated rings. The molecule has 0 saturated carbocycles. The van der Waals surface area contributed by atoms with E-state index in [1.54, 1.807) is 0 Å². The number of rotatable bonds is 3. The molecule has 2 unspecified atom stereocenters. The third kappa shape index (κ3) is 2.74. The summed E-state index contributed by atoms with van der Waals surface area (Å²) >= 11 is 6.79. The molecule has 4 aromatic rings. The summed E-state index contributed by atoms with van der Waals surface area (Å²) in [5.41, 5.74) is 5.16. The second-order valence-corrected chi connectivity index (χ2v) is 8.06. The summed E-state index contributed by atoms with van der Waals surface area (Å²) in [5.74, 6) is 0.878. The molecule has 3 heterocycles. The lowest BCUT2D eigenvalue weighted by molar-refractivity contribution is 0.407. The highest BCUT2D eigenvalue weighted by Crippen LogP contribution is 2.32. The largest absolute Gasteiger partial charge is 0.356 e. The van der Waals surface area contributed by atoms with Gasteiger partial charge in [-0.3, -0.25) is 4.98 Å². The third-order valence-electron chi connectivity index (χ3n) is 5.87. The van der Waals surface area contributed by atoms with E-state index >= 15 is 0 Å². The number of benzene rings is 1. The summed E-state index contributed by atoms with van der Waals surface area (Å²) in [7, 11) is 0. The van der Waals surface area contributed by atoms with E-state index in [4.69, 9.17) is 16.1 Å². The van der Waals surface area contributed by atoms with Gasteiger partial charge in [-0.2, -0.15) is 0 Å². The van der Waals surface area contributed by atoms with E-state index in [0.717, 1.165) is 45.6 Å². The molecule has 5 heteroatoms. The smallest absolute Gasteiger partial charge is 0.165 e. The number of aromatic nitrogens is 3. The van der Waals surface area contributed by atoms with Crippen LogP contribution in [0.4, 0.5) is 0 Å². The van der Waals surface area contributed by atoms with Crippen LogP contribution in [0.3, 0.4) is 0 Å². The van der Waals surface area contributed by atoms with Gasteiger partial charge in [0.1, 0.15) is 5.69 Å². The normalized spacial score (nSPS) is 18.7. The van der Waals surface area contributed by atoms with Gasteiger partial charge < -0.3 is 9.09 Å². The van der Waals surface area contributed by atoms with E-state index < -0.39 is 0 Å². The van der Waals surface area contributed by atoms with E-state index in [9.17, 15) is 0 Å². The third-order valence-corrected chi connectivity index (χ3v) is 6.37. The fraction of sp³-hybridized carbons (Fsp3) is 0.250. The van der Waals surface area contributed by atoms with Crippen LogP contribution in [0.1, 0.15) is 25.3 Å². The lowest BCUT2D eigenvalue weighted by atomic mass is 9.90. The van der Waals surface area contributed by atoms with Crippen LogP contribution in [0, 0.1) is 12.8 Å². The molecule has 1 aliphatic carbocycles. The highest BCUT2D eigenvalue weighted by molar-refractivity contribution is 6.25. The van der Waals surface area contributed by atoms with E-state index in [-0.39, 0.29) is 11.3 Å².